The highest BCUT2D eigenvalue weighted by Gasteiger charge is 2.28. The van der Waals surface area contributed by atoms with Gasteiger partial charge in [0.05, 0.1) is 16.8 Å². The van der Waals surface area contributed by atoms with Crippen LogP contribution in [-0.4, -0.2) is 52.9 Å². The number of benzene rings is 1. The highest BCUT2D eigenvalue weighted by molar-refractivity contribution is 6.00. The molecule has 2 aliphatic heterocycles. The summed E-state index contributed by atoms with van der Waals surface area (Å²) >= 11 is 0. The monoisotopic (exact) mass is 430 g/mol. The summed E-state index contributed by atoms with van der Waals surface area (Å²) in [4.78, 5) is 39.4. The van der Waals surface area contributed by atoms with Gasteiger partial charge in [-0.15, -0.1) is 0 Å². The number of hydrogen-bond acceptors (Lipinski definition) is 5. The van der Waals surface area contributed by atoms with Crippen LogP contribution in [0, 0.1) is 6.92 Å². The molecule has 5 rings (SSSR count). The normalized spacial score (nSPS) is 18.5. The van der Waals surface area contributed by atoms with Crippen LogP contribution in [0.3, 0.4) is 0 Å². The number of amides is 2. The van der Waals surface area contributed by atoms with Gasteiger partial charge in [-0.25, -0.2) is 9.97 Å². The Bertz CT molecular complexity index is 1240. The molecule has 164 valence electrons. The summed E-state index contributed by atoms with van der Waals surface area (Å²) in [5.74, 6) is 0.901. The van der Waals surface area contributed by atoms with Crippen LogP contribution in [0.15, 0.2) is 36.4 Å². The molecule has 0 radical (unpaired) electrons. The summed E-state index contributed by atoms with van der Waals surface area (Å²) < 4.78 is 0. The largest absolute Gasteiger partial charge is 0.357 e. The van der Waals surface area contributed by atoms with Crippen molar-refractivity contribution in [1.29, 1.82) is 0 Å². The van der Waals surface area contributed by atoms with Gasteiger partial charge >= 0.3 is 0 Å². The second-order valence-corrected chi connectivity index (χ2v) is 8.36. The van der Waals surface area contributed by atoms with Gasteiger partial charge in [-0.1, -0.05) is 24.3 Å². The summed E-state index contributed by atoms with van der Waals surface area (Å²) in [6.45, 7) is 5.91. The summed E-state index contributed by atoms with van der Waals surface area (Å²) in [5.41, 5.74) is 5.92. The third-order valence-corrected chi connectivity index (χ3v) is 6.11. The number of aromatic nitrogens is 3. The van der Waals surface area contributed by atoms with Gasteiger partial charge in [0.15, 0.2) is 5.82 Å². The van der Waals surface area contributed by atoms with E-state index in [-0.39, 0.29) is 17.7 Å². The first kappa shape index (κ1) is 20.2. The van der Waals surface area contributed by atoms with Crippen LogP contribution in [0.1, 0.15) is 41.0 Å². The van der Waals surface area contributed by atoms with Crippen LogP contribution >= 0.6 is 0 Å². The third kappa shape index (κ3) is 3.62. The second-order valence-electron chi connectivity index (χ2n) is 8.36. The van der Waals surface area contributed by atoms with E-state index in [1.165, 1.54) is 6.92 Å². The minimum Gasteiger partial charge on any atom is -0.357 e. The van der Waals surface area contributed by atoms with E-state index in [4.69, 9.17) is 9.97 Å². The van der Waals surface area contributed by atoms with Crippen molar-refractivity contribution in [2.24, 2.45) is 0 Å². The zero-order chi connectivity index (χ0) is 22.2. The summed E-state index contributed by atoms with van der Waals surface area (Å²) in [6, 6.07) is 7.87. The number of anilines is 1. The molecule has 8 nitrogen and oxygen atoms in total. The average Bonchev–Trinajstić information content (AvgIpc) is 3.22. The highest BCUT2D eigenvalue weighted by Crippen LogP contribution is 2.34. The van der Waals surface area contributed by atoms with Crippen molar-refractivity contribution in [2.75, 3.05) is 31.1 Å². The molecule has 3 aromatic rings. The fourth-order valence-corrected chi connectivity index (χ4v) is 4.53. The lowest BCUT2D eigenvalue weighted by atomic mass is 9.94. The Hall–Kier alpha value is -3.68. The predicted octanol–water partition coefficient (Wildman–Crippen LogP) is 2.66. The summed E-state index contributed by atoms with van der Waals surface area (Å²) in [7, 11) is 0. The van der Waals surface area contributed by atoms with Gasteiger partial charge in [-0.05, 0) is 25.5 Å². The minimum atomic E-state index is -0.0487. The molecule has 32 heavy (non-hydrogen) atoms. The number of fused-ring (bicyclic) bond motifs is 3. The zero-order valence-electron chi connectivity index (χ0n) is 18.2. The Morgan fingerprint density at radius 1 is 1.25 bits per heavy atom. The molecular weight excluding hydrogens is 404 g/mol. The third-order valence-electron chi connectivity index (χ3n) is 6.11. The van der Waals surface area contributed by atoms with Crippen molar-refractivity contribution in [1.82, 2.24) is 25.6 Å². The van der Waals surface area contributed by atoms with E-state index in [1.807, 2.05) is 31.2 Å². The Kier molecular flexibility index (Phi) is 5.13. The molecule has 2 amide bonds. The van der Waals surface area contributed by atoms with E-state index in [9.17, 15) is 9.59 Å². The molecule has 4 heterocycles. The van der Waals surface area contributed by atoms with Crippen LogP contribution < -0.4 is 15.5 Å². The summed E-state index contributed by atoms with van der Waals surface area (Å²) in [5, 5.41) is 5.89. The molecule has 8 heteroatoms. The number of hydrogen-bond donors (Lipinski definition) is 3. The quantitative estimate of drug-likeness (QED) is 0.555. The van der Waals surface area contributed by atoms with Crippen LogP contribution in [0.4, 0.5) is 5.82 Å². The number of H-pyrrole nitrogens is 1. The van der Waals surface area contributed by atoms with Gasteiger partial charge in [-0.2, -0.15) is 0 Å². The Balaban J connectivity index is 1.67. The number of nitrogens with one attached hydrogen (secondary N) is 3. The smallest absolute Gasteiger partial charge is 0.253 e. The van der Waals surface area contributed by atoms with E-state index in [1.54, 1.807) is 0 Å². The maximum Gasteiger partial charge on any atom is 0.253 e. The van der Waals surface area contributed by atoms with Crippen LogP contribution in [0.5, 0.6) is 0 Å². The number of carbonyl (C=O) groups is 2. The van der Waals surface area contributed by atoms with Gasteiger partial charge in [0, 0.05) is 56.0 Å². The molecule has 0 spiro atoms. The van der Waals surface area contributed by atoms with E-state index in [2.05, 4.69) is 32.7 Å². The van der Waals surface area contributed by atoms with Crippen molar-refractivity contribution in [3.05, 3.63) is 53.4 Å². The lowest BCUT2D eigenvalue weighted by molar-refractivity contribution is -0.118. The minimum absolute atomic E-state index is 0.0400. The van der Waals surface area contributed by atoms with E-state index < -0.39 is 0 Å². The molecule has 1 atom stereocenters. The topological polar surface area (TPSA) is 103 Å². The van der Waals surface area contributed by atoms with Crippen molar-refractivity contribution in [3.63, 3.8) is 0 Å². The van der Waals surface area contributed by atoms with Crippen molar-refractivity contribution < 1.29 is 9.59 Å². The first-order chi connectivity index (χ1) is 15.5. The van der Waals surface area contributed by atoms with E-state index in [0.717, 1.165) is 45.9 Å². The lowest BCUT2D eigenvalue weighted by Crippen LogP contribution is -2.35. The standard InChI is InChI=1S/C24H26N6O2/c1-14-23-29-22-17(7-5-8-19(22)27-14)20-12-18-21(28-20)16(13-26-24(18)32)6-3-4-10-30(23)11-9-25-15(2)31/h3-5,7-8,12,16,28H,6,9-11,13H2,1-2H3,(H,25,31)(H,26,32)/b4-3+/t16-/m0/s1. The lowest BCUT2D eigenvalue weighted by Gasteiger charge is -2.24. The van der Waals surface area contributed by atoms with E-state index >= 15 is 0 Å². The fourth-order valence-electron chi connectivity index (χ4n) is 4.53. The molecule has 4 bridgehead atoms. The molecule has 0 fully saturated rings. The SMILES string of the molecule is CC(=O)NCCN1C/C=C/C[C@H]2CNC(=O)c3cc([nH]c32)-c2cccc3nc(C)c1nc23. The number of para-hydroxylation sites is 1. The first-order valence-electron chi connectivity index (χ1n) is 10.9. The van der Waals surface area contributed by atoms with Crippen LogP contribution in [0.2, 0.25) is 0 Å². The number of allylic oxidation sites excluding steroid dienone is 1. The molecule has 2 aliphatic rings. The fraction of sp³-hybridized carbons (Fsp3) is 0.333. The highest BCUT2D eigenvalue weighted by atomic mass is 16.2. The number of nitrogens with zero attached hydrogens (tertiary/aromatic N) is 3. The molecule has 0 saturated heterocycles. The van der Waals surface area contributed by atoms with Gasteiger partial charge in [0.1, 0.15) is 5.52 Å². The Morgan fingerprint density at radius 3 is 2.97 bits per heavy atom. The molecule has 3 N–H and O–H groups in total. The van der Waals surface area contributed by atoms with Gasteiger partial charge in [-0.3, -0.25) is 9.59 Å². The Labute approximate surface area is 186 Å². The molecule has 0 saturated carbocycles. The van der Waals surface area contributed by atoms with Gasteiger partial charge in [0.2, 0.25) is 5.91 Å². The molecule has 0 aliphatic carbocycles. The molecular formula is C24H26N6O2. The number of carbonyl (C=O) groups excluding carboxylic acids is 2. The van der Waals surface area contributed by atoms with Crippen LogP contribution in [-0.2, 0) is 4.79 Å². The van der Waals surface area contributed by atoms with Crippen LogP contribution in [0.25, 0.3) is 22.3 Å². The maximum absolute atomic E-state index is 12.5. The first-order valence-corrected chi connectivity index (χ1v) is 10.9. The predicted molar refractivity (Wildman–Crippen MR) is 124 cm³/mol. The molecule has 1 aromatic carbocycles. The number of aryl methyl sites for hydroxylation is 1. The molecule has 0 unspecified atom stereocenters. The maximum atomic E-state index is 12.5. The Morgan fingerprint density at radius 2 is 2.12 bits per heavy atom. The average molecular weight is 431 g/mol. The number of rotatable bonds is 3. The zero-order valence-corrected chi connectivity index (χ0v) is 18.2. The van der Waals surface area contributed by atoms with Crippen molar-refractivity contribution in [3.8, 4) is 11.3 Å². The van der Waals surface area contributed by atoms with Crippen molar-refractivity contribution >= 4 is 28.7 Å². The van der Waals surface area contributed by atoms with Gasteiger partial charge < -0.3 is 20.5 Å². The second kappa shape index (κ2) is 8.11. The summed E-state index contributed by atoms with van der Waals surface area (Å²) in [6.07, 6.45) is 5.10. The van der Waals surface area contributed by atoms with Crippen molar-refractivity contribution in [2.45, 2.75) is 26.2 Å². The van der Waals surface area contributed by atoms with E-state index in [0.29, 0.717) is 31.7 Å². The molecule has 2 aromatic heterocycles. The van der Waals surface area contributed by atoms with Gasteiger partial charge in [0.25, 0.3) is 5.91 Å². The number of aromatic amines is 1.